The highest BCUT2D eigenvalue weighted by Gasteiger charge is 2.06. The highest BCUT2D eigenvalue weighted by atomic mass is 35.5. The first kappa shape index (κ1) is 20.5. The zero-order valence-electron chi connectivity index (χ0n) is 13.4. The van der Waals surface area contributed by atoms with Crippen LogP contribution in [0.15, 0.2) is 53.6 Å². The van der Waals surface area contributed by atoms with Crippen LogP contribution in [0, 0.1) is 0 Å². The predicted molar refractivity (Wildman–Crippen MR) is 119 cm³/mol. The number of hydrogen-bond donors (Lipinski definition) is 1. The molecule has 0 radical (unpaired) electrons. The minimum absolute atomic E-state index is 0.339. The number of benzene rings is 2. The molecule has 3 nitrogen and oxygen atoms in total. The van der Waals surface area contributed by atoms with Gasteiger partial charge in [0.2, 0.25) is 0 Å². The van der Waals surface area contributed by atoms with Crippen LogP contribution in [0.5, 0.6) is 0 Å². The summed E-state index contributed by atoms with van der Waals surface area (Å²) in [5.41, 5.74) is 5.11. The number of anilines is 1. The van der Waals surface area contributed by atoms with E-state index in [9.17, 15) is 0 Å². The van der Waals surface area contributed by atoms with Crippen LogP contribution in [0.2, 0.25) is 24.7 Å². The van der Waals surface area contributed by atoms with Gasteiger partial charge >= 0.3 is 0 Å². The minimum atomic E-state index is 0.339. The van der Waals surface area contributed by atoms with Crippen molar-refractivity contribution in [3.05, 3.63) is 83.7 Å². The second-order valence-electron chi connectivity index (χ2n) is 5.23. The Balaban J connectivity index is 1.93. The Morgan fingerprint density at radius 2 is 1.59 bits per heavy atom. The van der Waals surface area contributed by atoms with Gasteiger partial charge in [-0.1, -0.05) is 70.1 Å². The molecule has 0 aliphatic heterocycles. The van der Waals surface area contributed by atoms with Gasteiger partial charge in [-0.3, -0.25) is 5.43 Å². The number of allylic oxidation sites excluding steroid dienone is 1. The minimum Gasteiger partial charge on any atom is -0.278 e. The van der Waals surface area contributed by atoms with Crippen LogP contribution in [0.25, 0.3) is 6.08 Å². The molecule has 3 rings (SSSR count). The van der Waals surface area contributed by atoms with Gasteiger partial charge in [0.05, 0.1) is 16.3 Å². The molecule has 2 aromatic carbocycles. The molecule has 138 valence electrons. The Hall–Kier alpha value is -1.27. The molecule has 0 saturated carbocycles. The van der Waals surface area contributed by atoms with Crippen LogP contribution in [-0.4, -0.2) is 10.7 Å². The molecule has 0 bridgehead atoms. The molecule has 0 unspecified atom stereocenters. The number of thiazole rings is 1. The maximum Gasteiger partial charge on any atom is 0.185 e. The third kappa shape index (κ3) is 5.85. The van der Waals surface area contributed by atoms with Crippen molar-refractivity contribution in [2.45, 2.75) is 0 Å². The fourth-order valence-electron chi connectivity index (χ4n) is 2.11. The standard InChI is InChI=1S/C18H10Cl5N3S/c19-11-3-1-10(2-4-11)15(5-6-16-17(22)24-18(23)27-16)26-25-14-8-12(20)7-13(21)9-14/h1-9,25H/b6-5+,26-15+. The van der Waals surface area contributed by atoms with Crippen molar-refractivity contribution >= 4 is 86.8 Å². The van der Waals surface area contributed by atoms with Gasteiger partial charge in [0.25, 0.3) is 0 Å². The zero-order chi connectivity index (χ0) is 19.4. The molecule has 0 aliphatic rings. The Kier molecular flexibility index (Phi) is 7.04. The van der Waals surface area contributed by atoms with Crippen molar-refractivity contribution in [1.82, 2.24) is 4.98 Å². The first-order valence-corrected chi connectivity index (χ1v) is 10.2. The fourth-order valence-corrected chi connectivity index (χ4v) is 4.03. The lowest BCUT2D eigenvalue weighted by Gasteiger charge is -2.06. The highest BCUT2D eigenvalue weighted by Crippen LogP contribution is 2.28. The van der Waals surface area contributed by atoms with Crippen molar-refractivity contribution in [2.75, 3.05) is 5.43 Å². The van der Waals surface area contributed by atoms with Gasteiger partial charge in [-0.15, -0.1) is 11.3 Å². The highest BCUT2D eigenvalue weighted by molar-refractivity contribution is 7.17. The quantitative estimate of drug-likeness (QED) is 0.299. The Morgan fingerprint density at radius 3 is 2.19 bits per heavy atom. The van der Waals surface area contributed by atoms with Crippen molar-refractivity contribution < 1.29 is 0 Å². The van der Waals surface area contributed by atoms with Crippen LogP contribution in [-0.2, 0) is 0 Å². The van der Waals surface area contributed by atoms with Crippen LogP contribution in [0.4, 0.5) is 5.69 Å². The Bertz CT molecular complexity index is 992. The largest absolute Gasteiger partial charge is 0.278 e. The van der Waals surface area contributed by atoms with Gasteiger partial charge < -0.3 is 0 Å². The number of hydrazone groups is 1. The lowest BCUT2D eigenvalue weighted by molar-refractivity contribution is 1.33. The van der Waals surface area contributed by atoms with E-state index in [0.717, 1.165) is 10.4 Å². The van der Waals surface area contributed by atoms with E-state index in [-0.39, 0.29) is 0 Å². The van der Waals surface area contributed by atoms with Gasteiger partial charge in [-0.25, -0.2) is 4.98 Å². The number of halogens is 5. The lowest BCUT2D eigenvalue weighted by atomic mass is 10.1. The molecular weight excluding hydrogens is 468 g/mol. The van der Waals surface area contributed by atoms with Gasteiger partial charge in [0.15, 0.2) is 4.47 Å². The molecule has 0 aliphatic carbocycles. The smallest absolute Gasteiger partial charge is 0.185 e. The predicted octanol–water partition coefficient (Wildman–Crippen LogP) is 7.94. The Morgan fingerprint density at radius 1 is 0.926 bits per heavy atom. The summed E-state index contributed by atoms with van der Waals surface area (Å²) in [4.78, 5) is 4.71. The summed E-state index contributed by atoms with van der Waals surface area (Å²) in [6.45, 7) is 0. The van der Waals surface area contributed by atoms with E-state index in [1.165, 1.54) is 11.3 Å². The van der Waals surface area contributed by atoms with E-state index in [0.29, 0.717) is 36.1 Å². The van der Waals surface area contributed by atoms with E-state index in [2.05, 4.69) is 15.5 Å². The van der Waals surface area contributed by atoms with Crippen LogP contribution in [0.3, 0.4) is 0 Å². The van der Waals surface area contributed by atoms with Crippen molar-refractivity contribution in [3.8, 4) is 0 Å². The molecule has 3 aromatic rings. The molecule has 0 amide bonds. The summed E-state index contributed by atoms with van der Waals surface area (Å²) in [6, 6.07) is 12.4. The zero-order valence-corrected chi connectivity index (χ0v) is 18.0. The van der Waals surface area contributed by atoms with E-state index in [4.69, 9.17) is 58.0 Å². The Labute approximate surface area is 185 Å². The second kappa shape index (κ2) is 9.28. The maximum absolute atomic E-state index is 6.06. The SMILES string of the molecule is Clc1ccc(C(/C=C/c2sc(Cl)nc2Cl)=N/Nc2cc(Cl)cc(Cl)c2)cc1. The van der Waals surface area contributed by atoms with Crippen molar-refractivity contribution in [2.24, 2.45) is 5.10 Å². The monoisotopic (exact) mass is 475 g/mol. The average Bonchev–Trinajstić information content (AvgIpc) is 2.92. The van der Waals surface area contributed by atoms with Crippen LogP contribution < -0.4 is 5.43 Å². The maximum atomic E-state index is 6.06. The molecule has 0 atom stereocenters. The molecule has 0 saturated heterocycles. The van der Waals surface area contributed by atoms with Gasteiger partial charge in [0.1, 0.15) is 5.15 Å². The van der Waals surface area contributed by atoms with Gasteiger partial charge in [0, 0.05) is 20.6 Å². The first-order valence-electron chi connectivity index (χ1n) is 7.46. The third-order valence-corrected chi connectivity index (χ3v) is 5.50. The molecule has 9 heteroatoms. The molecule has 0 spiro atoms. The summed E-state index contributed by atoms with van der Waals surface area (Å²) >= 11 is 31.3. The number of rotatable bonds is 5. The average molecular weight is 478 g/mol. The summed E-state index contributed by atoms with van der Waals surface area (Å²) in [7, 11) is 0. The number of hydrogen-bond acceptors (Lipinski definition) is 4. The lowest BCUT2D eigenvalue weighted by Crippen LogP contribution is -2.01. The van der Waals surface area contributed by atoms with Crippen molar-refractivity contribution in [1.29, 1.82) is 0 Å². The summed E-state index contributed by atoms with van der Waals surface area (Å²) < 4.78 is 0.372. The number of nitrogens with one attached hydrogen (secondary N) is 1. The summed E-state index contributed by atoms with van der Waals surface area (Å²) in [6.07, 6.45) is 3.60. The van der Waals surface area contributed by atoms with Crippen molar-refractivity contribution in [3.63, 3.8) is 0 Å². The van der Waals surface area contributed by atoms with Crippen LogP contribution >= 0.6 is 69.3 Å². The summed E-state index contributed by atoms with van der Waals surface area (Å²) in [5, 5.41) is 6.45. The van der Waals surface area contributed by atoms with Gasteiger partial charge in [-0.2, -0.15) is 5.10 Å². The molecule has 27 heavy (non-hydrogen) atoms. The molecule has 1 heterocycles. The molecule has 1 aromatic heterocycles. The second-order valence-corrected chi connectivity index (χ2v) is 8.51. The molecule has 0 fully saturated rings. The van der Waals surface area contributed by atoms with E-state index in [1.807, 2.05) is 12.1 Å². The molecular formula is C18H10Cl5N3S. The van der Waals surface area contributed by atoms with Crippen LogP contribution in [0.1, 0.15) is 10.4 Å². The van der Waals surface area contributed by atoms with E-state index < -0.39 is 0 Å². The molecule has 1 N–H and O–H groups in total. The third-order valence-electron chi connectivity index (χ3n) is 3.28. The number of aromatic nitrogens is 1. The topological polar surface area (TPSA) is 37.3 Å². The van der Waals surface area contributed by atoms with E-state index >= 15 is 0 Å². The normalized spacial score (nSPS) is 12.0. The van der Waals surface area contributed by atoms with E-state index in [1.54, 1.807) is 42.5 Å². The van der Waals surface area contributed by atoms with Gasteiger partial charge in [-0.05, 0) is 42.5 Å². The summed E-state index contributed by atoms with van der Waals surface area (Å²) in [5.74, 6) is 0. The fraction of sp³-hybridized carbons (Fsp3) is 0. The first-order chi connectivity index (χ1) is 12.9. The number of nitrogens with zero attached hydrogens (tertiary/aromatic N) is 2.